The molecule has 1 aliphatic heterocycles. The van der Waals surface area contributed by atoms with Crippen molar-refractivity contribution in [2.45, 2.75) is 6.42 Å². The van der Waals surface area contributed by atoms with Crippen LogP contribution in [-0.4, -0.2) is 37.9 Å². The van der Waals surface area contributed by atoms with Gasteiger partial charge in [0, 0.05) is 20.2 Å². The van der Waals surface area contributed by atoms with Gasteiger partial charge in [-0.15, -0.1) is 0 Å². The molecule has 0 spiro atoms. The number of halogens is 1. The molecule has 0 fully saturated rings. The molecular formula is C14H17FN2O3. The van der Waals surface area contributed by atoms with Crippen molar-refractivity contribution in [2.75, 3.05) is 37.4 Å². The van der Waals surface area contributed by atoms with Crippen molar-refractivity contribution in [3.8, 4) is 0 Å². The molecule has 1 aliphatic rings. The summed E-state index contributed by atoms with van der Waals surface area (Å²) in [6.07, 6.45) is 2.78. The van der Waals surface area contributed by atoms with Gasteiger partial charge in [0.25, 0.3) is 0 Å². The highest BCUT2D eigenvalue weighted by atomic mass is 19.1. The third kappa shape index (κ3) is 2.75. The predicted molar refractivity (Wildman–Crippen MR) is 74.6 cm³/mol. The van der Waals surface area contributed by atoms with Crippen LogP contribution in [0.1, 0.15) is 16.8 Å². The molecular weight excluding hydrogens is 263 g/mol. The standard InChI is InChI=1S/C14H17FN2O3/c1-20-8-9-4-6-17(7-5-9)11-3-2-10(15)13(16)12(11)14(18)19/h2-4H,5-8,16H2,1H3,(H,18,19). The lowest BCUT2D eigenvalue weighted by atomic mass is 10.0. The van der Waals surface area contributed by atoms with Gasteiger partial charge >= 0.3 is 5.97 Å². The summed E-state index contributed by atoms with van der Waals surface area (Å²) in [6, 6.07) is 2.66. The zero-order chi connectivity index (χ0) is 14.7. The third-order valence-electron chi connectivity index (χ3n) is 3.36. The van der Waals surface area contributed by atoms with Crippen LogP contribution in [0.4, 0.5) is 15.8 Å². The molecule has 1 aromatic carbocycles. The van der Waals surface area contributed by atoms with E-state index in [1.165, 1.54) is 17.7 Å². The van der Waals surface area contributed by atoms with E-state index in [-0.39, 0.29) is 11.3 Å². The van der Waals surface area contributed by atoms with E-state index in [1.54, 1.807) is 7.11 Å². The Morgan fingerprint density at radius 1 is 1.55 bits per heavy atom. The van der Waals surface area contributed by atoms with Gasteiger partial charge in [-0.05, 0) is 24.1 Å². The molecule has 0 aromatic heterocycles. The van der Waals surface area contributed by atoms with Gasteiger partial charge in [-0.3, -0.25) is 0 Å². The number of benzene rings is 1. The van der Waals surface area contributed by atoms with Crippen molar-refractivity contribution in [2.24, 2.45) is 0 Å². The largest absolute Gasteiger partial charge is 0.478 e. The number of ether oxygens (including phenoxy) is 1. The maximum atomic E-state index is 13.4. The van der Waals surface area contributed by atoms with Gasteiger partial charge in [0.2, 0.25) is 0 Å². The van der Waals surface area contributed by atoms with E-state index >= 15 is 0 Å². The van der Waals surface area contributed by atoms with E-state index in [2.05, 4.69) is 0 Å². The minimum atomic E-state index is -1.22. The molecule has 3 N–H and O–H groups in total. The van der Waals surface area contributed by atoms with Gasteiger partial charge in [0.05, 0.1) is 18.0 Å². The summed E-state index contributed by atoms with van der Waals surface area (Å²) in [5, 5.41) is 9.23. The lowest BCUT2D eigenvalue weighted by Crippen LogP contribution is -2.31. The van der Waals surface area contributed by atoms with E-state index < -0.39 is 11.8 Å². The van der Waals surface area contributed by atoms with E-state index in [4.69, 9.17) is 10.5 Å². The zero-order valence-electron chi connectivity index (χ0n) is 11.2. The number of aromatic carboxylic acids is 1. The molecule has 0 aliphatic carbocycles. The summed E-state index contributed by atoms with van der Waals surface area (Å²) in [7, 11) is 1.64. The van der Waals surface area contributed by atoms with Gasteiger partial charge in [-0.1, -0.05) is 6.08 Å². The maximum Gasteiger partial charge on any atom is 0.340 e. The molecule has 108 valence electrons. The monoisotopic (exact) mass is 280 g/mol. The SMILES string of the molecule is COCC1=CCN(c2ccc(F)c(N)c2C(=O)O)CC1. The van der Waals surface area contributed by atoms with Gasteiger partial charge < -0.3 is 20.5 Å². The number of nitrogen functional groups attached to an aromatic ring is 1. The summed E-state index contributed by atoms with van der Waals surface area (Å²) in [5.74, 6) is -1.93. The highest BCUT2D eigenvalue weighted by Crippen LogP contribution is 2.30. The number of methoxy groups -OCH3 is 1. The van der Waals surface area contributed by atoms with Crippen LogP contribution in [0.15, 0.2) is 23.8 Å². The summed E-state index contributed by atoms with van der Waals surface area (Å²) >= 11 is 0. The van der Waals surface area contributed by atoms with E-state index in [0.29, 0.717) is 25.4 Å². The smallest absolute Gasteiger partial charge is 0.340 e. The van der Waals surface area contributed by atoms with Crippen LogP contribution in [0.25, 0.3) is 0 Å². The first-order chi connectivity index (χ1) is 9.54. The Kier molecular flexibility index (Phi) is 4.24. The molecule has 0 atom stereocenters. The molecule has 0 bridgehead atoms. The second-order valence-electron chi connectivity index (χ2n) is 4.65. The van der Waals surface area contributed by atoms with Crippen LogP contribution < -0.4 is 10.6 Å². The average Bonchev–Trinajstić information content (AvgIpc) is 2.42. The van der Waals surface area contributed by atoms with Crippen LogP contribution in [0.3, 0.4) is 0 Å². The Morgan fingerprint density at radius 3 is 2.85 bits per heavy atom. The van der Waals surface area contributed by atoms with Crippen molar-refractivity contribution >= 4 is 17.3 Å². The van der Waals surface area contributed by atoms with Crippen LogP contribution in [0.5, 0.6) is 0 Å². The first-order valence-corrected chi connectivity index (χ1v) is 6.27. The fourth-order valence-corrected chi connectivity index (χ4v) is 2.32. The first kappa shape index (κ1) is 14.3. The number of carboxylic acid groups (broad SMARTS) is 1. The summed E-state index contributed by atoms with van der Waals surface area (Å²) < 4.78 is 18.5. The first-order valence-electron chi connectivity index (χ1n) is 6.27. The molecule has 6 heteroatoms. The molecule has 1 aromatic rings. The molecule has 0 saturated heterocycles. The fourth-order valence-electron chi connectivity index (χ4n) is 2.32. The predicted octanol–water partition coefficient (Wildman–Crippen LogP) is 1.89. The Balaban J connectivity index is 2.31. The maximum absolute atomic E-state index is 13.4. The Bertz CT molecular complexity index is 558. The summed E-state index contributed by atoms with van der Waals surface area (Å²) in [4.78, 5) is 13.2. The molecule has 2 rings (SSSR count). The van der Waals surface area contributed by atoms with Crippen molar-refractivity contribution in [1.29, 1.82) is 0 Å². The number of nitrogens with two attached hydrogens (primary N) is 1. The molecule has 0 unspecified atom stereocenters. The zero-order valence-corrected chi connectivity index (χ0v) is 11.2. The van der Waals surface area contributed by atoms with Crippen molar-refractivity contribution in [3.05, 3.63) is 35.2 Å². The number of hydrogen-bond acceptors (Lipinski definition) is 4. The summed E-state index contributed by atoms with van der Waals surface area (Å²) in [5.41, 5.74) is 6.68. The van der Waals surface area contributed by atoms with Crippen LogP contribution in [-0.2, 0) is 4.74 Å². The number of rotatable bonds is 4. The molecule has 0 radical (unpaired) electrons. The third-order valence-corrected chi connectivity index (χ3v) is 3.36. The fraction of sp³-hybridized carbons (Fsp3) is 0.357. The Morgan fingerprint density at radius 2 is 2.30 bits per heavy atom. The van der Waals surface area contributed by atoms with Crippen molar-refractivity contribution < 1.29 is 19.0 Å². The minimum absolute atomic E-state index is 0.173. The molecule has 0 saturated carbocycles. The normalized spacial score (nSPS) is 15.1. The lowest BCUT2D eigenvalue weighted by molar-refractivity contribution is 0.0698. The number of nitrogens with zero attached hydrogens (tertiary/aromatic N) is 1. The van der Waals surface area contributed by atoms with Gasteiger partial charge in [0.1, 0.15) is 11.4 Å². The van der Waals surface area contributed by atoms with Gasteiger partial charge in [-0.2, -0.15) is 0 Å². The van der Waals surface area contributed by atoms with Crippen LogP contribution >= 0.6 is 0 Å². The van der Waals surface area contributed by atoms with E-state index in [9.17, 15) is 14.3 Å². The van der Waals surface area contributed by atoms with E-state index in [0.717, 1.165) is 6.42 Å². The highest BCUT2D eigenvalue weighted by Gasteiger charge is 2.22. The van der Waals surface area contributed by atoms with Crippen LogP contribution in [0.2, 0.25) is 0 Å². The lowest BCUT2D eigenvalue weighted by Gasteiger charge is -2.29. The topological polar surface area (TPSA) is 75.8 Å². The Labute approximate surface area is 116 Å². The number of carboxylic acids is 1. The summed E-state index contributed by atoms with van der Waals surface area (Å²) in [6.45, 7) is 1.79. The average molecular weight is 280 g/mol. The van der Waals surface area contributed by atoms with Gasteiger partial charge in [0.15, 0.2) is 0 Å². The molecule has 20 heavy (non-hydrogen) atoms. The van der Waals surface area contributed by atoms with Crippen molar-refractivity contribution in [1.82, 2.24) is 0 Å². The van der Waals surface area contributed by atoms with E-state index in [1.807, 2.05) is 11.0 Å². The Hall–Kier alpha value is -2.08. The number of hydrogen-bond donors (Lipinski definition) is 2. The highest BCUT2D eigenvalue weighted by molar-refractivity contribution is 6.00. The second-order valence-corrected chi connectivity index (χ2v) is 4.65. The minimum Gasteiger partial charge on any atom is -0.478 e. The number of anilines is 2. The van der Waals surface area contributed by atoms with Crippen LogP contribution in [0, 0.1) is 5.82 Å². The quantitative estimate of drug-likeness (QED) is 0.650. The molecule has 5 nitrogen and oxygen atoms in total. The van der Waals surface area contributed by atoms with Gasteiger partial charge in [-0.25, -0.2) is 9.18 Å². The van der Waals surface area contributed by atoms with Crippen molar-refractivity contribution in [3.63, 3.8) is 0 Å². The molecule has 0 amide bonds. The number of carbonyl (C=O) groups is 1. The second kappa shape index (κ2) is 5.92. The molecule has 1 heterocycles.